The Morgan fingerprint density at radius 2 is 1.89 bits per heavy atom. The lowest BCUT2D eigenvalue weighted by atomic mass is 9.86. The van der Waals surface area contributed by atoms with Gasteiger partial charge in [0.05, 0.1) is 11.4 Å². The van der Waals surface area contributed by atoms with Crippen molar-refractivity contribution in [1.82, 2.24) is 4.98 Å². The van der Waals surface area contributed by atoms with Crippen LogP contribution in [0.5, 0.6) is 0 Å². The maximum atomic E-state index is 13.6. The summed E-state index contributed by atoms with van der Waals surface area (Å²) in [5, 5.41) is 0.224. The number of halogens is 5. The van der Waals surface area contributed by atoms with Crippen molar-refractivity contribution in [3.8, 4) is 0 Å². The third-order valence-electron chi connectivity index (χ3n) is 3.68. The number of hydrogen-bond donors (Lipinski definition) is 1. The first-order chi connectivity index (χ1) is 8.86. The van der Waals surface area contributed by atoms with Crippen LogP contribution in [0.2, 0.25) is 0 Å². The van der Waals surface area contributed by atoms with E-state index in [4.69, 9.17) is 0 Å². The van der Waals surface area contributed by atoms with Gasteiger partial charge in [-0.25, -0.2) is 8.78 Å². The Morgan fingerprint density at radius 3 is 2.58 bits per heavy atom. The van der Waals surface area contributed by atoms with Crippen molar-refractivity contribution < 1.29 is 22.0 Å². The van der Waals surface area contributed by atoms with E-state index in [0.717, 1.165) is 12.1 Å². The molecule has 1 aliphatic rings. The van der Waals surface area contributed by atoms with E-state index >= 15 is 0 Å². The van der Waals surface area contributed by atoms with Crippen LogP contribution in [0.3, 0.4) is 0 Å². The minimum absolute atomic E-state index is 0.0204. The largest absolute Gasteiger partial charge is 0.392 e. The summed E-state index contributed by atoms with van der Waals surface area (Å²) in [5.41, 5.74) is 1.07. The first-order valence-electron chi connectivity index (χ1n) is 5.91. The van der Waals surface area contributed by atoms with Gasteiger partial charge < -0.3 is 4.98 Å². The summed E-state index contributed by atoms with van der Waals surface area (Å²) in [6.07, 6.45) is -4.31. The fourth-order valence-electron chi connectivity index (χ4n) is 2.72. The first-order valence-corrected chi connectivity index (χ1v) is 5.91. The number of H-pyrrole nitrogens is 1. The average molecular weight is 275 g/mol. The second kappa shape index (κ2) is 3.95. The fraction of sp³-hybridized carbons (Fsp3) is 0.385. The summed E-state index contributed by atoms with van der Waals surface area (Å²) in [7, 11) is 0. The number of alkyl halides is 3. The monoisotopic (exact) mass is 275 g/mol. The second-order valence-corrected chi connectivity index (χ2v) is 4.87. The van der Waals surface area contributed by atoms with Crippen LogP contribution in [0.1, 0.15) is 17.7 Å². The van der Waals surface area contributed by atoms with Crippen molar-refractivity contribution in [1.29, 1.82) is 0 Å². The molecule has 102 valence electrons. The van der Waals surface area contributed by atoms with Crippen LogP contribution in [-0.2, 0) is 12.8 Å². The highest BCUT2D eigenvalue weighted by Crippen LogP contribution is 2.40. The van der Waals surface area contributed by atoms with E-state index in [1.54, 1.807) is 0 Å². The fourth-order valence-corrected chi connectivity index (χ4v) is 2.72. The molecular weight excluding hydrogens is 265 g/mol. The lowest BCUT2D eigenvalue weighted by Gasteiger charge is -2.24. The molecule has 1 aromatic carbocycles. The van der Waals surface area contributed by atoms with E-state index in [9.17, 15) is 22.0 Å². The lowest BCUT2D eigenvalue weighted by molar-refractivity contribution is -0.177. The Kier molecular flexibility index (Phi) is 2.59. The molecule has 0 bridgehead atoms. The van der Waals surface area contributed by atoms with E-state index in [-0.39, 0.29) is 30.2 Å². The van der Waals surface area contributed by atoms with E-state index in [2.05, 4.69) is 4.98 Å². The molecule has 1 aliphatic carbocycles. The van der Waals surface area contributed by atoms with E-state index in [0.29, 0.717) is 11.3 Å². The molecule has 0 saturated heterocycles. The quantitative estimate of drug-likeness (QED) is 0.696. The van der Waals surface area contributed by atoms with Gasteiger partial charge in [0.1, 0.15) is 11.6 Å². The Balaban J connectivity index is 2.13. The predicted octanol–water partition coefficient (Wildman–Crippen LogP) is 4.11. The second-order valence-electron chi connectivity index (χ2n) is 4.87. The zero-order valence-corrected chi connectivity index (χ0v) is 9.74. The zero-order valence-electron chi connectivity index (χ0n) is 9.74. The molecule has 1 atom stereocenters. The van der Waals surface area contributed by atoms with E-state index < -0.39 is 23.7 Å². The number of aromatic amines is 1. The van der Waals surface area contributed by atoms with Gasteiger partial charge in [-0.3, -0.25) is 0 Å². The number of benzene rings is 1. The van der Waals surface area contributed by atoms with Gasteiger partial charge in [0.15, 0.2) is 0 Å². The Bertz CT molecular complexity index is 641. The standard InChI is InChI=1S/C13H10F5N/c14-7-4-9-8-3-6(13(16,17)18)1-2-11(8)19-12(9)10(15)5-7/h4-6,19H,1-3H2. The Labute approximate surface area is 105 Å². The maximum Gasteiger partial charge on any atom is 0.392 e. The molecule has 3 rings (SSSR count). The molecule has 6 heteroatoms. The van der Waals surface area contributed by atoms with Crippen LogP contribution in [0.15, 0.2) is 12.1 Å². The van der Waals surface area contributed by atoms with Crippen LogP contribution in [0.4, 0.5) is 22.0 Å². The smallest absolute Gasteiger partial charge is 0.356 e. The molecule has 1 nitrogen and oxygen atoms in total. The van der Waals surface area contributed by atoms with Gasteiger partial charge in [-0.1, -0.05) is 0 Å². The summed E-state index contributed by atoms with van der Waals surface area (Å²) < 4.78 is 65.0. The molecule has 0 amide bonds. The molecule has 1 N–H and O–H groups in total. The molecule has 1 aromatic heterocycles. The minimum atomic E-state index is -4.27. The highest BCUT2D eigenvalue weighted by molar-refractivity contribution is 5.85. The molecule has 0 fully saturated rings. The normalized spacial score (nSPS) is 19.7. The number of aromatic nitrogens is 1. The topological polar surface area (TPSA) is 15.8 Å². The lowest BCUT2D eigenvalue weighted by Crippen LogP contribution is -2.28. The van der Waals surface area contributed by atoms with Crippen LogP contribution < -0.4 is 0 Å². The van der Waals surface area contributed by atoms with Crippen LogP contribution in [0.25, 0.3) is 10.9 Å². The highest BCUT2D eigenvalue weighted by atomic mass is 19.4. The summed E-state index contributed by atoms with van der Waals surface area (Å²) in [6.45, 7) is 0. The third-order valence-corrected chi connectivity index (χ3v) is 3.68. The minimum Gasteiger partial charge on any atom is -0.356 e. The van der Waals surface area contributed by atoms with Crippen molar-refractivity contribution in [2.75, 3.05) is 0 Å². The SMILES string of the molecule is Fc1cc(F)c2[nH]c3c(c2c1)CC(C(F)(F)F)CC3. The molecule has 0 spiro atoms. The number of fused-ring (bicyclic) bond motifs is 3. The first kappa shape index (κ1) is 12.4. The Hall–Kier alpha value is -1.59. The average Bonchev–Trinajstić information content (AvgIpc) is 2.66. The van der Waals surface area contributed by atoms with Gasteiger partial charge >= 0.3 is 6.18 Å². The third kappa shape index (κ3) is 1.99. The predicted molar refractivity (Wildman–Crippen MR) is 59.8 cm³/mol. The van der Waals surface area contributed by atoms with Crippen molar-refractivity contribution in [3.05, 3.63) is 35.0 Å². The van der Waals surface area contributed by atoms with Crippen molar-refractivity contribution in [3.63, 3.8) is 0 Å². The molecule has 0 saturated carbocycles. The molecular formula is C13H10F5N. The summed E-state index contributed by atoms with van der Waals surface area (Å²) in [5.74, 6) is -2.99. The van der Waals surface area contributed by atoms with Gasteiger partial charge in [0, 0.05) is 17.1 Å². The highest BCUT2D eigenvalue weighted by Gasteiger charge is 2.42. The maximum absolute atomic E-state index is 13.6. The molecule has 0 radical (unpaired) electrons. The number of nitrogens with one attached hydrogen (secondary N) is 1. The number of rotatable bonds is 0. The summed E-state index contributed by atoms with van der Waals surface area (Å²) >= 11 is 0. The van der Waals surface area contributed by atoms with Gasteiger partial charge in [0.25, 0.3) is 0 Å². The van der Waals surface area contributed by atoms with Gasteiger partial charge in [-0.15, -0.1) is 0 Å². The summed E-state index contributed by atoms with van der Waals surface area (Å²) in [4.78, 5) is 2.77. The van der Waals surface area contributed by atoms with Gasteiger partial charge in [-0.2, -0.15) is 13.2 Å². The van der Waals surface area contributed by atoms with Crippen LogP contribution in [-0.4, -0.2) is 11.2 Å². The Morgan fingerprint density at radius 1 is 1.16 bits per heavy atom. The van der Waals surface area contributed by atoms with Crippen molar-refractivity contribution in [2.45, 2.75) is 25.4 Å². The molecule has 2 aromatic rings. The molecule has 1 unspecified atom stereocenters. The number of aryl methyl sites for hydroxylation is 1. The van der Waals surface area contributed by atoms with E-state index in [1.807, 2.05) is 0 Å². The molecule has 1 heterocycles. The molecule has 0 aliphatic heterocycles. The van der Waals surface area contributed by atoms with Gasteiger partial charge in [0.2, 0.25) is 0 Å². The van der Waals surface area contributed by atoms with E-state index in [1.165, 1.54) is 0 Å². The van der Waals surface area contributed by atoms with Crippen molar-refractivity contribution >= 4 is 10.9 Å². The number of hydrogen-bond acceptors (Lipinski definition) is 0. The van der Waals surface area contributed by atoms with Gasteiger partial charge in [-0.05, 0) is 30.9 Å². The van der Waals surface area contributed by atoms with Crippen LogP contribution >= 0.6 is 0 Å². The van der Waals surface area contributed by atoms with Crippen molar-refractivity contribution in [2.24, 2.45) is 5.92 Å². The molecule has 19 heavy (non-hydrogen) atoms. The summed E-state index contributed by atoms with van der Waals surface area (Å²) in [6, 6.07) is 1.82. The zero-order chi connectivity index (χ0) is 13.8. The van der Waals surface area contributed by atoms with Crippen LogP contribution in [0, 0.1) is 17.6 Å².